The summed E-state index contributed by atoms with van der Waals surface area (Å²) in [6.07, 6.45) is 1.47. The van der Waals surface area contributed by atoms with Gasteiger partial charge in [-0.1, -0.05) is 0 Å². The number of rotatable bonds is 6. The standard InChI is InChI=1S/C15H20N4O4/c1-16-15(21)12-10-11(19(22)23)5-6-13(12)17(2)8-9-18-7-3-4-14(18)20/h5-6,10H,3-4,7-9H2,1-2H3,(H,16,21). The molecule has 1 aliphatic heterocycles. The number of nitrogens with zero attached hydrogens (tertiary/aromatic N) is 3. The molecule has 0 spiro atoms. The first-order valence-corrected chi connectivity index (χ1v) is 7.43. The van der Waals surface area contributed by atoms with Crippen molar-refractivity contribution in [2.45, 2.75) is 12.8 Å². The first-order valence-electron chi connectivity index (χ1n) is 7.43. The zero-order chi connectivity index (χ0) is 17.0. The lowest BCUT2D eigenvalue weighted by molar-refractivity contribution is -0.384. The molecule has 0 aliphatic carbocycles. The van der Waals surface area contributed by atoms with Crippen LogP contribution in [-0.4, -0.2) is 55.4 Å². The molecule has 2 rings (SSSR count). The average molecular weight is 320 g/mol. The van der Waals surface area contributed by atoms with E-state index in [-0.39, 0.29) is 23.1 Å². The normalized spacial score (nSPS) is 14.0. The third-order valence-electron chi connectivity index (χ3n) is 3.95. The number of carbonyl (C=O) groups excluding carboxylic acids is 2. The summed E-state index contributed by atoms with van der Waals surface area (Å²) in [4.78, 5) is 37.6. The van der Waals surface area contributed by atoms with E-state index in [2.05, 4.69) is 5.32 Å². The number of nitro benzene ring substituents is 1. The Morgan fingerprint density at radius 3 is 2.78 bits per heavy atom. The molecule has 8 nitrogen and oxygen atoms in total. The minimum absolute atomic E-state index is 0.129. The van der Waals surface area contributed by atoms with E-state index in [1.54, 1.807) is 18.0 Å². The number of hydrogen-bond acceptors (Lipinski definition) is 5. The van der Waals surface area contributed by atoms with Gasteiger partial charge in [0.15, 0.2) is 0 Å². The maximum absolute atomic E-state index is 12.0. The van der Waals surface area contributed by atoms with E-state index < -0.39 is 4.92 Å². The van der Waals surface area contributed by atoms with Gasteiger partial charge in [-0.25, -0.2) is 0 Å². The first-order chi connectivity index (χ1) is 10.9. The van der Waals surface area contributed by atoms with Gasteiger partial charge in [0, 0.05) is 58.0 Å². The molecule has 0 aromatic heterocycles. The summed E-state index contributed by atoms with van der Waals surface area (Å²) in [7, 11) is 3.28. The van der Waals surface area contributed by atoms with E-state index in [0.717, 1.165) is 13.0 Å². The smallest absolute Gasteiger partial charge is 0.270 e. The Balaban J connectivity index is 2.17. The number of likely N-dealkylation sites (N-methyl/N-ethyl adjacent to an activating group) is 1. The highest BCUT2D eigenvalue weighted by molar-refractivity contribution is 6.00. The Bertz CT molecular complexity index is 632. The van der Waals surface area contributed by atoms with Crippen LogP contribution in [0.15, 0.2) is 18.2 Å². The number of nitro groups is 1. The average Bonchev–Trinajstić information content (AvgIpc) is 2.96. The molecule has 0 atom stereocenters. The lowest BCUT2D eigenvalue weighted by Gasteiger charge is -2.25. The lowest BCUT2D eigenvalue weighted by Crippen LogP contribution is -2.35. The van der Waals surface area contributed by atoms with Crippen molar-refractivity contribution < 1.29 is 14.5 Å². The molecule has 8 heteroatoms. The maximum atomic E-state index is 12.0. The zero-order valence-corrected chi connectivity index (χ0v) is 13.2. The molecule has 1 saturated heterocycles. The molecule has 1 N–H and O–H groups in total. The fourth-order valence-electron chi connectivity index (χ4n) is 2.62. The van der Waals surface area contributed by atoms with Gasteiger partial charge in [0.25, 0.3) is 11.6 Å². The fourth-order valence-corrected chi connectivity index (χ4v) is 2.62. The van der Waals surface area contributed by atoms with Gasteiger partial charge in [-0.2, -0.15) is 0 Å². The van der Waals surface area contributed by atoms with Crippen LogP contribution in [0, 0.1) is 10.1 Å². The van der Waals surface area contributed by atoms with Crippen LogP contribution >= 0.6 is 0 Å². The van der Waals surface area contributed by atoms with Gasteiger partial charge in [0.2, 0.25) is 5.91 Å². The highest BCUT2D eigenvalue weighted by atomic mass is 16.6. The second kappa shape index (κ2) is 7.08. The third kappa shape index (κ3) is 3.77. The van der Waals surface area contributed by atoms with Crippen LogP contribution in [0.4, 0.5) is 11.4 Å². The van der Waals surface area contributed by atoms with Crippen molar-refractivity contribution in [3.05, 3.63) is 33.9 Å². The number of hydrogen-bond donors (Lipinski definition) is 1. The number of benzene rings is 1. The fraction of sp³-hybridized carbons (Fsp3) is 0.467. The number of nitrogens with one attached hydrogen (secondary N) is 1. The largest absolute Gasteiger partial charge is 0.372 e. The second-order valence-corrected chi connectivity index (χ2v) is 5.44. The van der Waals surface area contributed by atoms with E-state index in [4.69, 9.17) is 0 Å². The molecule has 1 aromatic carbocycles. The van der Waals surface area contributed by atoms with Crippen LogP contribution in [0.2, 0.25) is 0 Å². The van der Waals surface area contributed by atoms with E-state index in [0.29, 0.717) is 25.2 Å². The quantitative estimate of drug-likeness (QED) is 0.623. The third-order valence-corrected chi connectivity index (χ3v) is 3.95. The van der Waals surface area contributed by atoms with Crippen molar-refractivity contribution in [2.24, 2.45) is 0 Å². The number of amides is 2. The topological polar surface area (TPSA) is 95.8 Å². The van der Waals surface area contributed by atoms with E-state index in [1.165, 1.54) is 19.2 Å². The molecule has 1 aromatic rings. The predicted octanol–water partition coefficient (Wildman–Crippen LogP) is 1.01. The predicted molar refractivity (Wildman–Crippen MR) is 85.6 cm³/mol. The van der Waals surface area contributed by atoms with E-state index >= 15 is 0 Å². The molecule has 0 bridgehead atoms. The van der Waals surface area contributed by atoms with Crippen LogP contribution in [0.25, 0.3) is 0 Å². The molecule has 1 fully saturated rings. The molecule has 2 amide bonds. The number of carbonyl (C=O) groups is 2. The lowest BCUT2D eigenvalue weighted by atomic mass is 10.1. The molecular weight excluding hydrogens is 300 g/mol. The number of non-ortho nitro benzene ring substituents is 1. The van der Waals surface area contributed by atoms with Crippen LogP contribution in [0.3, 0.4) is 0 Å². The molecule has 0 saturated carbocycles. The SMILES string of the molecule is CNC(=O)c1cc([N+](=O)[O-])ccc1N(C)CCN1CCCC1=O. The van der Waals surface area contributed by atoms with Gasteiger partial charge in [-0.05, 0) is 12.5 Å². The molecule has 124 valence electrons. The van der Waals surface area contributed by atoms with Gasteiger partial charge in [-0.15, -0.1) is 0 Å². The minimum Gasteiger partial charge on any atom is -0.372 e. The Hall–Kier alpha value is -2.64. The summed E-state index contributed by atoms with van der Waals surface area (Å²) < 4.78 is 0. The molecule has 0 unspecified atom stereocenters. The summed E-state index contributed by atoms with van der Waals surface area (Å²) in [6.45, 7) is 1.88. The molecule has 23 heavy (non-hydrogen) atoms. The van der Waals surface area contributed by atoms with Crippen LogP contribution < -0.4 is 10.2 Å². The number of likely N-dealkylation sites (tertiary alicyclic amines) is 1. The van der Waals surface area contributed by atoms with Crippen LogP contribution in [-0.2, 0) is 4.79 Å². The Morgan fingerprint density at radius 1 is 1.48 bits per heavy atom. The highest BCUT2D eigenvalue weighted by Crippen LogP contribution is 2.25. The highest BCUT2D eigenvalue weighted by Gasteiger charge is 2.22. The van der Waals surface area contributed by atoms with Crippen molar-refractivity contribution in [1.29, 1.82) is 0 Å². The van der Waals surface area contributed by atoms with Crippen molar-refractivity contribution in [2.75, 3.05) is 38.6 Å². The van der Waals surface area contributed by atoms with Crippen molar-refractivity contribution >= 4 is 23.2 Å². The summed E-state index contributed by atoms with van der Waals surface area (Å²) >= 11 is 0. The van der Waals surface area contributed by atoms with Gasteiger partial charge in [-0.3, -0.25) is 19.7 Å². The van der Waals surface area contributed by atoms with Crippen molar-refractivity contribution in [3.63, 3.8) is 0 Å². The summed E-state index contributed by atoms with van der Waals surface area (Å²) in [6, 6.07) is 4.21. The molecule has 1 aliphatic rings. The van der Waals surface area contributed by atoms with Crippen molar-refractivity contribution in [1.82, 2.24) is 10.2 Å². The Labute approximate surface area is 134 Å². The van der Waals surface area contributed by atoms with Gasteiger partial charge < -0.3 is 15.1 Å². The molecule has 0 radical (unpaired) electrons. The first kappa shape index (κ1) is 16.7. The Kier molecular flexibility index (Phi) is 5.15. The Morgan fingerprint density at radius 2 is 2.22 bits per heavy atom. The van der Waals surface area contributed by atoms with Crippen LogP contribution in [0.5, 0.6) is 0 Å². The van der Waals surface area contributed by atoms with E-state index in [9.17, 15) is 19.7 Å². The summed E-state index contributed by atoms with van der Waals surface area (Å²) in [5, 5.41) is 13.4. The van der Waals surface area contributed by atoms with Crippen molar-refractivity contribution in [3.8, 4) is 0 Å². The minimum atomic E-state index is -0.529. The summed E-state index contributed by atoms with van der Waals surface area (Å²) in [5.41, 5.74) is 0.717. The maximum Gasteiger partial charge on any atom is 0.270 e. The second-order valence-electron chi connectivity index (χ2n) is 5.44. The zero-order valence-electron chi connectivity index (χ0n) is 13.2. The number of anilines is 1. The molecule has 1 heterocycles. The van der Waals surface area contributed by atoms with Gasteiger partial charge in [0.05, 0.1) is 10.5 Å². The van der Waals surface area contributed by atoms with Crippen LogP contribution in [0.1, 0.15) is 23.2 Å². The molecular formula is C15H20N4O4. The van der Waals surface area contributed by atoms with E-state index in [1.807, 2.05) is 4.90 Å². The van der Waals surface area contributed by atoms with Gasteiger partial charge in [0.1, 0.15) is 0 Å². The summed E-state index contributed by atoms with van der Waals surface area (Å²) in [5.74, 6) is -0.235. The van der Waals surface area contributed by atoms with Gasteiger partial charge >= 0.3 is 0 Å². The monoisotopic (exact) mass is 320 g/mol.